The van der Waals surface area contributed by atoms with Gasteiger partial charge >= 0.3 is 0 Å². The molecule has 2 aliphatic heterocycles. The molecule has 0 atom stereocenters. The summed E-state index contributed by atoms with van der Waals surface area (Å²) in [5.41, 5.74) is 0.731. The summed E-state index contributed by atoms with van der Waals surface area (Å²) in [7, 11) is 1.92. The summed E-state index contributed by atoms with van der Waals surface area (Å²) in [5.74, 6) is 0.513. The molecule has 2 heterocycles. The molecule has 3 fully saturated rings. The number of rotatable bonds is 2. The lowest BCUT2D eigenvalue weighted by molar-refractivity contribution is -0.144. The van der Waals surface area contributed by atoms with E-state index in [0.717, 1.165) is 57.2 Å². The fourth-order valence-electron chi connectivity index (χ4n) is 4.88. The third-order valence-corrected chi connectivity index (χ3v) is 7.14. The molecule has 1 aromatic rings. The lowest BCUT2D eigenvalue weighted by Gasteiger charge is -2.48. The maximum absolute atomic E-state index is 13.3. The van der Waals surface area contributed by atoms with E-state index in [1.807, 2.05) is 41.1 Å². The average molecular weight is 361 g/mol. The Hall–Kier alpha value is -1.55. The number of hydrogen-bond donors (Lipinski definition) is 0. The molecule has 0 aromatic heterocycles. The van der Waals surface area contributed by atoms with Crippen LogP contribution in [-0.4, -0.2) is 47.3 Å². The predicted molar refractivity (Wildman–Crippen MR) is 97.5 cm³/mol. The maximum Gasteiger partial charge on any atom is 0.233 e. The Balaban J connectivity index is 1.50. The molecular formula is C20H25ClN2O2. The quantitative estimate of drug-likeness (QED) is 0.811. The second-order valence-electron chi connectivity index (χ2n) is 7.91. The Morgan fingerprint density at radius 2 is 1.68 bits per heavy atom. The molecule has 25 heavy (non-hydrogen) atoms. The summed E-state index contributed by atoms with van der Waals surface area (Å²) in [5, 5.41) is 0.708. The molecule has 2 saturated heterocycles. The molecule has 2 amide bonds. The van der Waals surface area contributed by atoms with Gasteiger partial charge in [-0.3, -0.25) is 9.59 Å². The van der Waals surface area contributed by atoms with E-state index in [-0.39, 0.29) is 22.8 Å². The van der Waals surface area contributed by atoms with Gasteiger partial charge in [0, 0.05) is 37.1 Å². The SMILES string of the molecule is CN1C(=O)CCC12CCN(C(=O)C1(c3ccc(Cl)cc3)CCC1)CC2. The van der Waals surface area contributed by atoms with Crippen LogP contribution in [0.15, 0.2) is 24.3 Å². The van der Waals surface area contributed by atoms with E-state index in [2.05, 4.69) is 0 Å². The van der Waals surface area contributed by atoms with Crippen LogP contribution >= 0.6 is 11.6 Å². The monoisotopic (exact) mass is 360 g/mol. The predicted octanol–water partition coefficient (Wildman–Crippen LogP) is 3.38. The van der Waals surface area contributed by atoms with E-state index >= 15 is 0 Å². The molecule has 134 valence electrons. The van der Waals surface area contributed by atoms with Crippen LogP contribution in [0.5, 0.6) is 0 Å². The maximum atomic E-state index is 13.3. The molecule has 1 aliphatic carbocycles. The highest BCUT2D eigenvalue weighted by Gasteiger charge is 2.51. The van der Waals surface area contributed by atoms with E-state index in [1.165, 1.54) is 0 Å². The average Bonchev–Trinajstić information content (AvgIpc) is 2.85. The molecule has 0 radical (unpaired) electrons. The minimum Gasteiger partial charge on any atom is -0.342 e. The van der Waals surface area contributed by atoms with Gasteiger partial charge in [0.1, 0.15) is 0 Å². The van der Waals surface area contributed by atoms with Crippen molar-refractivity contribution in [3.63, 3.8) is 0 Å². The van der Waals surface area contributed by atoms with Gasteiger partial charge in [-0.1, -0.05) is 30.2 Å². The van der Waals surface area contributed by atoms with Crippen molar-refractivity contribution >= 4 is 23.4 Å². The van der Waals surface area contributed by atoms with Gasteiger partial charge in [-0.15, -0.1) is 0 Å². The van der Waals surface area contributed by atoms with E-state index in [1.54, 1.807) is 0 Å². The van der Waals surface area contributed by atoms with Gasteiger partial charge in [0.2, 0.25) is 11.8 Å². The Kier molecular flexibility index (Phi) is 4.06. The minimum absolute atomic E-state index is 0.0130. The van der Waals surface area contributed by atoms with Crippen LogP contribution in [0.1, 0.15) is 50.5 Å². The Morgan fingerprint density at radius 1 is 1.04 bits per heavy atom. The standard InChI is InChI=1S/C20H25ClN2O2/c1-22-17(24)7-10-19(22)11-13-23(14-12-19)18(25)20(8-2-9-20)15-3-5-16(21)6-4-15/h3-6H,2,7-14H2,1H3. The van der Waals surface area contributed by atoms with E-state index in [0.29, 0.717) is 11.4 Å². The van der Waals surface area contributed by atoms with E-state index in [9.17, 15) is 9.59 Å². The third kappa shape index (κ3) is 2.57. The largest absolute Gasteiger partial charge is 0.342 e. The van der Waals surface area contributed by atoms with Crippen LogP contribution in [0.3, 0.4) is 0 Å². The summed E-state index contributed by atoms with van der Waals surface area (Å²) >= 11 is 6.02. The first kappa shape index (κ1) is 16.9. The topological polar surface area (TPSA) is 40.6 Å². The number of amides is 2. The van der Waals surface area contributed by atoms with Crippen molar-refractivity contribution in [3.05, 3.63) is 34.9 Å². The third-order valence-electron chi connectivity index (χ3n) is 6.88. The number of halogens is 1. The van der Waals surface area contributed by atoms with Gasteiger partial charge in [-0.2, -0.15) is 0 Å². The number of piperidine rings is 1. The molecule has 4 nitrogen and oxygen atoms in total. The zero-order valence-electron chi connectivity index (χ0n) is 14.8. The highest BCUT2D eigenvalue weighted by atomic mass is 35.5. The van der Waals surface area contributed by atoms with E-state index < -0.39 is 0 Å². The first-order valence-electron chi connectivity index (χ1n) is 9.29. The van der Waals surface area contributed by atoms with Gasteiger partial charge in [0.05, 0.1) is 5.41 Å². The lowest BCUT2D eigenvalue weighted by Crippen LogP contribution is -2.57. The van der Waals surface area contributed by atoms with Gasteiger partial charge in [-0.05, 0) is 49.8 Å². The minimum atomic E-state index is -0.355. The molecular weight excluding hydrogens is 336 g/mol. The van der Waals surface area contributed by atoms with Crippen molar-refractivity contribution in [2.24, 2.45) is 0 Å². The summed E-state index contributed by atoms with van der Waals surface area (Å²) in [6, 6.07) is 7.78. The van der Waals surface area contributed by atoms with Crippen molar-refractivity contribution in [1.29, 1.82) is 0 Å². The number of carbonyl (C=O) groups is 2. The highest BCUT2D eigenvalue weighted by Crippen LogP contribution is 2.47. The molecule has 3 aliphatic rings. The number of hydrogen-bond acceptors (Lipinski definition) is 2. The molecule has 4 rings (SSSR count). The fourth-order valence-corrected chi connectivity index (χ4v) is 5.00. The normalized spacial score (nSPS) is 24.5. The Labute approximate surface area is 154 Å². The zero-order chi connectivity index (χ0) is 17.7. The molecule has 1 spiro atoms. The number of benzene rings is 1. The van der Waals surface area contributed by atoms with Crippen molar-refractivity contribution in [1.82, 2.24) is 9.80 Å². The van der Waals surface area contributed by atoms with Gasteiger partial charge in [-0.25, -0.2) is 0 Å². The second-order valence-corrected chi connectivity index (χ2v) is 8.35. The van der Waals surface area contributed by atoms with Crippen molar-refractivity contribution in [2.45, 2.75) is 55.9 Å². The Morgan fingerprint density at radius 3 is 2.16 bits per heavy atom. The summed E-state index contributed by atoms with van der Waals surface area (Å²) in [6.07, 6.45) is 6.34. The molecule has 0 unspecified atom stereocenters. The van der Waals surface area contributed by atoms with E-state index in [4.69, 9.17) is 11.6 Å². The molecule has 0 bridgehead atoms. The number of carbonyl (C=O) groups excluding carboxylic acids is 2. The lowest BCUT2D eigenvalue weighted by atomic mass is 9.63. The summed E-state index contributed by atoms with van der Waals surface area (Å²) in [4.78, 5) is 29.2. The first-order chi connectivity index (χ1) is 12.0. The number of likely N-dealkylation sites (tertiary alicyclic amines) is 2. The van der Waals surface area contributed by atoms with Crippen LogP contribution < -0.4 is 0 Å². The van der Waals surface area contributed by atoms with Gasteiger partial charge < -0.3 is 9.80 Å². The summed E-state index contributed by atoms with van der Waals surface area (Å²) < 4.78 is 0. The fraction of sp³-hybridized carbons (Fsp3) is 0.600. The molecule has 1 saturated carbocycles. The molecule has 5 heteroatoms. The van der Waals surface area contributed by atoms with Crippen LogP contribution in [0, 0.1) is 0 Å². The van der Waals surface area contributed by atoms with Crippen LogP contribution in [0.2, 0.25) is 5.02 Å². The second kappa shape index (κ2) is 6.01. The Bertz CT molecular complexity index is 688. The van der Waals surface area contributed by atoms with Crippen molar-refractivity contribution in [3.8, 4) is 0 Å². The van der Waals surface area contributed by atoms with Crippen LogP contribution in [0.25, 0.3) is 0 Å². The smallest absolute Gasteiger partial charge is 0.233 e. The summed E-state index contributed by atoms with van der Waals surface area (Å²) in [6.45, 7) is 1.51. The number of nitrogens with zero attached hydrogens (tertiary/aromatic N) is 2. The highest BCUT2D eigenvalue weighted by molar-refractivity contribution is 6.30. The zero-order valence-corrected chi connectivity index (χ0v) is 15.5. The molecule has 1 aromatic carbocycles. The van der Waals surface area contributed by atoms with Gasteiger partial charge in [0.15, 0.2) is 0 Å². The van der Waals surface area contributed by atoms with Gasteiger partial charge in [0.25, 0.3) is 0 Å². The first-order valence-corrected chi connectivity index (χ1v) is 9.67. The van der Waals surface area contributed by atoms with Crippen molar-refractivity contribution in [2.75, 3.05) is 20.1 Å². The van der Waals surface area contributed by atoms with Crippen LogP contribution in [0.4, 0.5) is 0 Å². The van der Waals surface area contributed by atoms with Crippen molar-refractivity contribution < 1.29 is 9.59 Å². The van der Waals surface area contributed by atoms with Crippen LogP contribution in [-0.2, 0) is 15.0 Å². The molecule has 0 N–H and O–H groups in total.